The predicted molar refractivity (Wildman–Crippen MR) is 66.9 cm³/mol. The van der Waals surface area contributed by atoms with Crippen LogP contribution in [0.15, 0.2) is 30.3 Å². The molecule has 1 rings (SSSR count). The number of hydrogen-bond donors (Lipinski definition) is 1. The zero-order valence-corrected chi connectivity index (χ0v) is 10.7. The van der Waals surface area contributed by atoms with E-state index in [-0.39, 0.29) is 23.0 Å². The molecule has 1 unspecified atom stereocenters. The Hall–Kier alpha value is 0.140. The Morgan fingerprint density at radius 2 is 1.85 bits per heavy atom. The summed E-state index contributed by atoms with van der Waals surface area (Å²) in [5.41, 5.74) is 7.21. The zero-order valence-electron chi connectivity index (χ0n) is 7.45. The maximum Gasteiger partial charge on any atom is 0.00872 e. The first-order valence-electron chi connectivity index (χ1n) is 4.18. The fourth-order valence-electron chi connectivity index (χ4n) is 1.16. The summed E-state index contributed by atoms with van der Waals surface area (Å²) in [5, 5.41) is 0.987. The lowest BCUT2D eigenvalue weighted by Crippen LogP contribution is -2.22. The summed E-state index contributed by atoms with van der Waals surface area (Å²) >= 11 is 3.38. The molecule has 0 fully saturated rings. The molecule has 2 N–H and O–H groups in total. The highest BCUT2D eigenvalue weighted by Gasteiger charge is 2.01. The van der Waals surface area contributed by atoms with E-state index in [1.807, 2.05) is 6.07 Å². The van der Waals surface area contributed by atoms with Crippen LogP contribution in [0.3, 0.4) is 0 Å². The van der Waals surface area contributed by atoms with Crippen molar-refractivity contribution in [3.63, 3.8) is 0 Å². The lowest BCUT2D eigenvalue weighted by atomic mass is 10.1. The van der Waals surface area contributed by atoms with Gasteiger partial charge >= 0.3 is 0 Å². The monoisotopic (exact) mass is 307 g/mol. The van der Waals surface area contributed by atoms with Crippen molar-refractivity contribution in [1.82, 2.24) is 0 Å². The highest BCUT2D eigenvalue weighted by atomic mass is 79.9. The number of rotatable bonds is 4. The van der Waals surface area contributed by atoms with Gasteiger partial charge in [0.2, 0.25) is 0 Å². The lowest BCUT2D eigenvalue weighted by Gasteiger charge is -2.08. The molecule has 3 heteroatoms. The van der Waals surface area contributed by atoms with Crippen LogP contribution in [0.2, 0.25) is 0 Å². The molecule has 1 aromatic carbocycles. The second-order valence-corrected chi connectivity index (χ2v) is 3.72. The number of benzene rings is 1. The second kappa shape index (κ2) is 7.54. The Morgan fingerprint density at radius 1 is 1.23 bits per heavy atom. The van der Waals surface area contributed by atoms with Crippen LogP contribution in [0.25, 0.3) is 0 Å². The van der Waals surface area contributed by atoms with E-state index in [1.54, 1.807) is 0 Å². The third kappa shape index (κ3) is 5.45. The van der Waals surface area contributed by atoms with Crippen LogP contribution in [0.1, 0.15) is 12.0 Å². The normalized spacial score (nSPS) is 11.8. The van der Waals surface area contributed by atoms with Crippen LogP contribution in [0.4, 0.5) is 0 Å². The first-order valence-corrected chi connectivity index (χ1v) is 5.30. The third-order valence-electron chi connectivity index (χ3n) is 1.82. The maximum atomic E-state index is 5.89. The molecule has 0 amide bonds. The summed E-state index contributed by atoms with van der Waals surface area (Å²) in [6.07, 6.45) is 2.02. The number of alkyl halides is 1. The minimum Gasteiger partial charge on any atom is -0.327 e. The molecule has 74 valence electrons. The van der Waals surface area contributed by atoms with E-state index < -0.39 is 0 Å². The largest absolute Gasteiger partial charge is 0.327 e. The molecule has 0 aliphatic heterocycles. The van der Waals surface area contributed by atoms with Crippen LogP contribution in [-0.4, -0.2) is 11.4 Å². The average Bonchev–Trinajstić information content (AvgIpc) is 2.06. The molecule has 0 aliphatic carbocycles. The Bertz CT molecular complexity index is 213. The molecule has 0 bridgehead atoms. The molecule has 0 heterocycles. The molecule has 0 aliphatic rings. The molecular weight excluding hydrogens is 294 g/mol. The van der Waals surface area contributed by atoms with Crippen molar-refractivity contribution in [3.05, 3.63) is 35.9 Å². The first-order chi connectivity index (χ1) is 5.83. The molecule has 1 nitrogen and oxygen atoms in total. The molecule has 13 heavy (non-hydrogen) atoms. The van der Waals surface area contributed by atoms with Gasteiger partial charge in [-0.3, -0.25) is 0 Å². The van der Waals surface area contributed by atoms with Gasteiger partial charge in [0, 0.05) is 11.4 Å². The molecule has 0 radical (unpaired) electrons. The quantitative estimate of drug-likeness (QED) is 0.850. The summed E-state index contributed by atoms with van der Waals surface area (Å²) in [5.74, 6) is 0. The molecule has 0 spiro atoms. The predicted octanol–water partition coefficient (Wildman–Crippen LogP) is 2.92. The summed E-state index contributed by atoms with van der Waals surface area (Å²) in [7, 11) is 0. The van der Waals surface area contributed by atoms with Crippen LogP contribution in [0, 0.1) is 0 Å². The van der Waals surface area contributed by atoms with Gasteiger partial charge in [0.25, 0.3) is 0 Å². The molecule has 0 aromatic heterocycles. The summed E-state index contributed by atoms with van der Waals surface area (Å²) in [6, 6.07) is 10.7. The minimum atomic E-state index is 0. The van der Waals surface area contributed by atoms with Gasteiger partial charge < -0.3 is 5.73 Å². The van der Waals surface area contributed by atoms with Gasteiger partial charge in [-0.25, -0.2) is 0 Å². The van der Waals surface area contributed by atoms with Crippen molar-refractivity contribution >= 4 is 32.9 Å². The summed E-state index contributed by atoms with van der Waals surface area (Å²) in [4.78, 5) is 0. The van der Waals surface area contributed by atoms with E-state index in [1.165, 1.54) is 5.56 Å². The Labute approximate surface area is 98.6 Å². The van der Waals surface area contributed by atoms with E-state index in [0.29, 0.717) is 0 Å². The highest BCUT2D eigenvalue weighted by Crippen LogP contribution is 2.04. The van der Waals surface area contributed by atoms with E-state index in [9.17, 15) is 0 Å². The Morgan fingerprint density at radius 3 is 2.38 bits per heavy atom. The van der Waals surface area contributed by atoms with Crippen molar-refractivity contribution < 1.29 is 0 Å². The fraction of sp³-hybridized carbons (Fsp3) is 0.400. The van der Waals surface area contributed by atoms with Gasteiger partial charge in [0.1, 0.15) is 0 Å². The van der Waals surface area contributed by atoms with Gasteiger partial charge in [-0.05, 0) is 18.4 Å². The van der Waals surface area contributed by atoms with Gasteiger partial charge in [-0.15, -0.1) is 17.0 Å². The smallest absolute Gasteiger partial charge is 0.00872 e. The molecule has 1 aromatic rings. The van der Waals surface area contributed by atoms with E-state index in [0.717, 1.165) is 18.2 Å². The average molecular weight is 309 g/mol. The molecule has 0 saturated carbocycles. The van der Waals surface area contributed by atoms with Crippen LogP contribution < -0.4 is 5.73 Å². The standard InChI is InChI=1S/C10H14BrN.BrH/c11-7-6-10(12)8-9-4-2-1-3-5-9;/h1-5,10H,6-8,12H2;1H. The third-order valence-corrected chi connectivity index (χ3v) is 2.28. The highest BCUT2D eigenvalue weighted by molar-refractivity contribution is 9.09. The van der Waals surface area contributed by atoms with Crippen molar-refractivity contribution in [2.24, 2.45) is 5.73 Å². The van der Waals surface area contributed by atoms with Crippen LogP contribution in [-0.2, 0) is 6.42 Å². The van der Waals surface area contributed by atoms with Crippen molar-refractivity contribution in [2.45, 2.75) is 18.9 Å². The van der Waals surface area contributed by atoms with Crippen molar-refractivity contribution in [1.29, 1.82) is 0 Å². The lowest BCUT2D eigenvalue weighted by molar-refractivity contribution is 0.654. The molecular formula is C10H15Br2N. The summed E-state index contributed by atoms with van der Waals surface area (Å²) < 4.78 is 0. The fourth-order valence-corrected chi connectivity index (χ4v) is 1.75. The molecule has 0 saturated heterocycles. The topological polar surface area (TPSA) is 26.0 Å². The van der Waals surface area contributed by atoms with E-state index in [2.05, 4.69) is 40.2 Å². The van der Waals surface area contributed by atoms with Gasteiger partial charge in [0.15, 0.2) is 0 Å². The maximum absolute atomic E-state index is 5.89. The second-order valence-electron chi connectivity index (χ2n) is 2.93. The van der Waals surface area contributed by atoms with Crippen molar-refractivity contribution in [3.8, 4) is 0 Å². The SMILES string of the molecule is Br.NC(CCBr)Cc1ccccc1. The summed E-state index contributed by atoms with van der Waals surface area (Å²) in [6.45, 7) is 0. The van der Waals surface area contributed by atoms with Crippen molar-refractivity contribution in [2.75, 3.05) is 5.33 Å². The van der Waals surface area contributed by atoms with Crippen LogP contribution in [0.5, 0.6) is 0 Å². The molecule has 1 atom stereocenters. The number of halogens is 2. The number of hydrogen-bond acceptors (Lipinski definition) is 1. The number of nitrogens with two attached hydrogens (primary N) is 1. The minimum absolute atomic E-state index is 0. The zero-order chi connectivity index (χ0) is 8.81. The van der Waals surface area contributed by atoms with Crippen LogP contribution >= 0.6 is 32.9 Å². The van der Waals surface area contributed by atoms with Gasteiger partial charge in [-0.1, -0.05) is 46.3 Å². The van der Waals surface area contributed by atoms with E-state index >= 15 is 0 Å². The van der Waals surface area contributed by atoms with Gasteiger partial charge in [-0.2, -0.15) is 0 Å². The van der Waals surface area contributed by atoms with E-state index in [4.69, 9.17) is 5.73 Å². The van der Waals surface area contributed by atoms with Gasteiger partial charge in [0.05, 0.1) is 0 Å². The Kier molecular flexibility index (Phi) is 7.62. The first kappa shape index (κ1) is 13.1. The Balaban J connectivity index is 0.00000144.